The molecule has 15 heavy (non-hydrogen) atoms. The number of hydrogen-bond donors (Lipinski definition) is 1. The van der Waals surface area contributed by atoms with Crippen LogP contribution in [0.4, 0.5) is 4.39 Å². The van der Waals surface area contributed by atoms with Gasteiger partial charge in [0.1, 0.15) is 5.82 Å². The second kappa shape index (κ2) is 3.60. The highest BCUT2D eigenvalue weighted by Crippen LogP contribution is 2.30. The number of halogens is 1. The van der Waals surface area contributed by atoms with E-state index in [1.807, 2.05) is 0 Å². The van der Waals surface area contributed by atoms with Crippen molar-refractivity contribution in [1.29, 1.82) is 0 Å². The summed E-state index contributed by atoms with van der Waals surface area (Å²) in [6.07, 6.45) is 0.941. The first-order valence-electron chi connectivity index (χ1n) is 5.51. The molecule has 0 saturated carbocycles. The van der Waals surface area contributed by atoms with Crippen molar-refractivity contribution >= 4 is 0 Å². The molecule has 0 amide bonds. The van der Waals surface area contributed by atoms with E-state index in [1.54, 1.807) is 12.1 Å². The van der Waals surface area contributed by atoms with Crippen LogP contribution in [0.3, 0.4) is 0 Å². The molecule has 1 heterocycles. The van der Waals surface area contributed by atoms with E-state index < -0.39 is 0 Å². The lowest BCUT2D eigenvalue weighted by Crippen LogP contribution is -2.28. The largest absolute Gasteiger partial charge is 0.312 e. The third-order valence-electron chi connectivity index (χ3n) is 2.99. The summed E-state index contributed by atoms with van der Waals surface area (Å²) in [5.41, 5.74) is 3.64. The summed E-state index contributed by atoms with van der Waals surface area (Å²) in [7, 11) is 0. The summed E-state index contributed by atoms with van der Waals surface area (Å²) in [4.78, 5) is 0. The first-order chi connectivity index (χ1) is 6.98. The summed E-state index contributed by atoms with van der Waals surface area (Å²) >= 11 is 0. The van der Waals surface area contributed by atoms with Crippen molar-refractivity contribution in [3.8, 4) is 0 Å². The average Bonchev–Trinajstić information content (AvgIpc) is 2.15. The predicted octanol–water partition coefficient (Wildman–Crippen LogP) is 2.77. The minimum Gasteiger partial charge on any atom is -0.312 e. The third-order valence-corrected chi connectivity index (χ3v) is 2.99. The standard InChI is InChI=1S/C13H18FN/c1-13(2,3)12-7-10(14)6-9-4-5-15-8-11(9)12/h6-7,15H,4-5,8H2,1-3H3. The van der Waals surface area contributed by atoms with E-state index in [0.717, 1.165) is 25.1 Å². The van der Waals surface area contributed by atoms with E-state index in [2.05, 4.69) is 26.1 Å². The van der Waals surface area contributed by atoms with Crippen molar-refractivity contribution in [2.75, 3.05) is 6.54 Å². The quantitative estimate of drug-likeness (QED) is 0.689. The van der Waals surface area contributed by atoms with Gasteiger partial charge in [-0.05, 0) is 47.2 Å². The Morgan fingerprint density at radius 3 is 2.67 bits per heavy atom. The van der Waals surface area contributed by atoms with Crippen LogP contribution in [0.1, 0.15) is 37.5 Å². The zero-order chi connectivity index (χ0) is 11.1. The summed E-state index contributed by atoms with van der Waals surface area (Å²) in [5.74, 6) is -0.0967. The van der Waals surface area contributed by atoms with E-state index >= 15 is 0 Å². The van der Waals surface area contributed by atoms with E-state index in [4.69, 9.17) is 0 Å². The van der Waals surface area contributed by atoms with Gasteiger partial charge in [-0.3, -0.25) is 0 Å². The van der Waals surface area contributed by atoms with Crippen molar-refractivity contribution in [3.05, 3.63) is 34.6 Å². The highest BCUT2D eigenvalue weighted by molar-refractivity contribution is 5.41. The van der Waals surface area contributed by atoms with Crippen LogP contribution in [0.5, 0.6) is 0 Å². The molecule has 1 nitrogen and oxygen atoms in total. The topological polar surface area (TPSA) is 12.0 Å². The first-order valence-corrected chi connectivity index (χ1v) is 5.51. The smallest absolute Gasteiger partial charge is 0.123 e. The van der Waals surface area contributed by atoms with Crippen LogP contribution in [-0.4, -0.2) is 6.54 Å². The van der Waals surface area contributed by atoms with E-state index in [0.29, 0.717) is 0 Å². The van der Waals surface area contributed by atoms with Crippen LogP contribution in [0, 0.1) is 5.82 Å². The molecule has 1 N–H and O–H groups in total. The average molecular weight is 207 g/mol. The second-order valence-corrected chi connectivity index (χ2v) is 5.27. The fourth-order valence-corrected chi connectivity index (χ4v) is 2.23. The minimum atomic E-state index is -0.0967. The summed E-state index contributed by atoms with van der Waals surface area (Å²) in [5, 5.41) is 3.35. The molecule has 0 saturated heterocycles. The van der Waals surface area contributed by atoms with Crippen LogP contribution in [0.25, 0.3) is 0 Å². The highest BCUT2D eigenvalue weighted by atomic mass is 19.1. The van der Waals surface area contributed by atoms with Crippen molar-refractivity contribution in [3.63, 3.8) is 0 Å². The lowest BCUT2D eigenvalue weighted by Gasteiger charge is -2.28. The molecule has 1 aromatic rings. The Hall–Kier alpha value is -0.890. The molecule has 0 aliphatic carbocycles. The number of hydrogen-bond acceptors (Lipinski definition) is 1. The lowest BCUT2D eigenvalue weighted by atomic mass is 9.80. The predicted molar refractivity (Wildman–Crippen MR) is 60.5 cm³/mol. The number of fused-ring (bicyclic) bond motifs is 1. The van der Waals surface area contributed by atoms with Gasteiger partial charge in [-0.25, -0.2) is 4.39 Å². The fraction of sp³-hybridized carbons (Fsp3) is 0.538. The minimum absolute atomic E-state index is 0.0191. The Balaban J connectivity index is 2.58. The molecule has 1 aliphatic rings. The number of rotatable bonds is 0. The molecule has 2 rings (SSSR count). The molecule has 82 valence electrons. The zero-order valence-corrected chi connectivity index (χ0v) is 9.65. The van der Waals surface area contributed by atoms with Gasteiger partial charge in [0, 0.05) is 6.54 Å². The Labute approximate surface area is 90.7 Å². The first kappa shape index (κ1) is 10.6. The van der Waals surface area contributed by atoms with Gasteiger partial charge in [-0.15, -0.1) is 0 Å². The van der Waals surface area contributed by atoms with Gasteiger partial charge in [0.2, 0.25) is 0 Å². The normalized spacial score (nSPS) is 16.3. The molecule has 0 bridgehead atoms. The molecule has 0 atom stereocenters. The molecular formula is C13H18FN. The molecule has 0 aromatic heterocycles. The van der Waals surface area contributed by atoms with Gasteiger partial charge >= 0.3 is 0 Å². The summed E-state index contributed by atoms with van der Waals surface area (Å²) < 4.78 is 13.5. The Morgan fingerprint density at radius 1 is 1.27 bits per heavy atom. The van der Waals surface area contributed by atoms with Crippen LogP contribution in [-0.2, 0) is 18.4 Å². The lowest BCUT2D eigenvalue weighted by molar-refractivity contribution is 0.542. The van der Waals surface area contributed by atoms with Crippen LogP contribution < -0.4 is 5.32 Å². The van der Waals surface area contributed by atoms with E-state index in [-0.39, 0.29) is 11.2 Å². The zero-order valence-electron chi connectivity index (χ0n) is 9.65. The number of benzene rings is 1. The summed E-state index contributed by atoms with van der Waals surface area (Å²) in [6, 6.07) is 3.37. The highest BCUT2D eigenvalue weighted by Gasteiger charge is 2.22. The molecule has 1 aliphatic heterocycles. The van der Waals surface area contributed by atoms with E-state index in [9.17, 15) is 4.39 Å². The van der Waals surface area contributed by atoms with Crippen LogP contribution in [0.2, 0.25) is 0 Å². The molecule has 0 spiro atoms. The molecule has 0 radical (unpaired) electrons. The fourth-order valence-electron chi connectivity index (χ4n) is 2.23. The summed E-state index contributed by atoms with van der Waals surface area (Å²) in [6.45, 7) is 8.24. The van der Waals surface area contributed by atoms with Gasteiger partial charge < -0.3 is 5.32 Å². The van der Waals surface area contributed by atoms with E-state index in [1.165, 1.54) is 11.1 Å². The Bertz CT molecular complexity index is 377. The molecule has 0 fully saturated rings. The van der Waals surface area contributed by atoms with Gasteiger partial charge in [0.05, 0.1) is 0 Å². The second-order valence-electron chi connectivity index (χ2n) is 5.27. The Kier molecular flexibility index (Phi) is 2.55. The number of nitrogens with one attached hydrogen (secondary N) is 1. The van der Waals surface area contributed by atoms with Crippen molar-refractivity contribution in [1.82, 2.24) is 5.32 Å². The van der Waals surface area contributed by atoms with Crippen LogP contribution in [0.15, 0.2) is 12.1 Å². The van der Waals surface area contributed by atoms with Crippen molar-refractivity contribution in [2.24, 2.45) is 0 Å². The van der Waals surface area contributed by atoms with Crippen molar-refractivity contribution < 1.29 is 4.39 Å². The molecule has 0 unspecified atom stereocenters. The van der Waals surface area contributed by atoms with Crippen molar-refractivity contribution in [2.45, 2.75) is 39.2 Å². The Morgan fingerprint density at radius 2 is 2.00 bits per heavy atom. The molecule has 2 heteroatoms. The maximum Gasteiger partial charge on any atom is 0.123 e. The molecular weight excluding hydrogens is 189 g/mol. The van der Waals surface area contributed by atoms with Gasteiger partial charge in [-0.2, -0.15) is 0 Å². The van der Waals surface area contributed by atoms with Gasteiger partial charge in [0.15, 0.2) is 0 Å². The monoisotopic (exact) mass is 207 g/mol. The third kappa shape index (κ3) is 2.05. The van der Waals surface area contributed by atoms with Crippen LogP contribution >= 0.6 is 0 Å². The van der Waals surface area contributed by atoms with Gasteiger partial charge in [0.25, 0.3) is 0 Å². The van der Waals surface area contributed by atoms with Gasteiger partial charge in [-0.1, -0.05) is 20.8 Å². The maximum absolute atomic E-state index is 13.5. The maximum atomic E-state index is 13.5. The SMILES string of the molecule is CC(C)(C)c1cc(F)cc2c1CNCC2. The molecule has 1 aromatic carbocycles.